The van der Waals surface area contributed by atoms with E-state index in [2.05, 4.69) is 0 Å². The first-order valence-corrected chi connectivity index (χ1v) is 6.62. The van der Waals surface area contributed by atoms with Crippen LogP contribution in [0.4, 0.5) is 17.6 Å². The van der Waals surface area contributed by atoms with Crippen LogP contribution in [0.15, 0.2) is 48.5 Å². The Morgan fingerprint density at radius 2 is 1.55 bits per heavy atom. The van der Waals surface area contributed by atoms with Gasteiger partial charge in [0.05, 0.1) is 5.56 Å². The van der Waals surface area contributed by atoms with Gasteiger partial charge in [0, 0.05) is 9.58 Å². The van der Waals surface area contributed by atoms with Crippen LogP contribution in [0.25, 0.3) is 20.5 Å². The lowest BCUT2D eigenvalue weighted by Gasteiger charge is -2.06. The summed E-state index contributed by atoms with van der Waals surface area (Å²) in [4.78, 5) is 0.819. The molecule has 0 atom stereocenters. The van der Waals surface area contributed by atoms with Crippen molar-refractivity contribution >= 4 is 21.4 Å². The first-order valence-electron chi connectivity index (χ1n) is 5.80. The second-order valence-corrected chi connectivity index (χ2v) is 5.45. The van der Waals surface area contributed by atoms with Gasteiger partial charge in [0.15, 0.2) is 0 Å². The SMILES string of the molecule is Fc1ccc2cc(-c3ccc(C(F)(F)F)cc3)sc2c1. The van der Waals surface area contributed by atoms with Gasteiger partial charge in [0.25, 0.3) is 0 Å². The lowest BCUT2D eigenvalue weighted by Crippen LogP contribution is -2.03. The van der Waals surface area contributed by atoms with Crippen LogP contribution in [-0.4, -0.2) is 0 Å². The van der Waals surface area contributed by atoms with Gasteiger partial charge in [-0.3, -0.25) is 0 Å². The highest BCUT2D eigenvalue weighted by Gasteiger charge is 2.30. The summed E-state index contributed by atoms with van der Waals surface area (Å²) in [6.45, 7) is 0. The smallest absolute Gasteiger partial charge is 0.207 e. The van der Waals surface area contributed by atoms with Crippen molar-refractivity contribution in [3.8, 4) is 10.4 Å². The van der Waals surface area contributed by atoms with Crippen LogP contribution >= 0.6 is 11.3 Å². The molecule has 0 aliphatic rings. The predicted molar refractivity (Wildman–Crippen MR) is 72.2 cm³/mol. The molecule has 0 spiro atoms. The van der Waals surface area contributed by atoms with E-state index >= 15 is 0 Å². The van der Waals surface area contributed by atoms with Crippen LogP contribution < -0.4 is 0 Å². The number of thiophene rings is 1. The standard InChI is InChI=1S/C15H8F4S/c16-12-6-3-10-7-13(20-14(10)8-12)9-1-4-11(5-2-9)15(17,18)19/h1-8H. The van der Waals surface area contributed by atoms with Crippen molar-refractivity contribution in [2.75, 3.05) is 0 Å². The van der Waals surface area contributed by atoms with Crippen LogP contribution in [0.3, 0.4) is 0 Å². The fourth-order valence-corrected chi connectivity index (χ4v) is 3.06. The summed E-state index contributed by atoms with van der Waals surface area (Å²) in [7, 11) is 0. The summed E-state index contributed by atoms with van der Waals surface area (Å²) >= 11 is 1.36. The molecule has 0 N–H and O–H groups in total. The van der Waals surface area contributed by atoms with Gasteiger partial charge in [-0.05, 0) is 41.3 Å². The highest BCUT2D eigenvalue weighted by Crippen LogP contribution is 2.36. The third-order valence-electron chi connectivity index (χ3n) is 2.98. The third kappa shape index (κ3) is 2.41. The molecular weight excluding hydrogens is 288 g/mol. The topological polar surface area (TPSA) is 0 Å². The molecule has 2 aromatic carbocycles. The zero-order chi connectivity index (χ0) is 14.3. The minimum Gasteiger partial charge on any atom is -0.207 e. The van der Waals surface area contributed by atoms with Crippen molar-refractivity contribution in [3.05, 3.63) is 59.9 Å². The minimum absolute atomic E-state index is 0.321. The number of halogens is 4. The molecule has 0 amide bonds. The summed E-state index contributed by atoms with van der Waals surface area (Å²) in [5.74, 6) is -0.321. The van der Waals surface area contributed by atoms with E-state index in [0.717, 1.165) is 27.1 Å². The van der Waals surface area contributed by atoms with E-state index < -0.39 is 11.7 Å². The maximum atomic E-state index is 13.1. The van der Waals surface area contributed by atoms with Crippen molar-refractivity contribution < 1.29 is 17.6 Å². The average Bonchev–Trinajstić information content (AvgIpc) is 2.80. The number of alkyl halides is 3. The minimum atomic E-state index is -4.33. The molecule has 0 saturated heterocycles. The third-order valence-corrected chi connectivity index (χ3v) is 4.13. The highest BCUT2D eigenvalue weighted by atomic mass is 32.1. The first-order chi connectivity index (χ1) is 9.43. The van der Waals surface area contributed by atoms with Crippen LogP contribution in [0.1, 0.15) is 5.56 Å². The Hall–Kier alpha value is -1.88. The molecule has 20 heavy (non-hydrogen) atoms. The molecule has 0 nitrogen and oxygen atoms in total. The van der Waals surface area contributed by atoms with Gasteiger partial charge < -0.3 is 0 Å². The van der Waals surface area contributed by atoms with Crippen LogP contribution in [0.2, 0.25) is 0 Å². The Balaban J connectivity index is 2.02. The molecule has 0 saturated carbocycles. The van der Waals surface area contributed by atoms with E-state index in [0.29, 0.717) is 5.56 Å². The van der Waals surface area contributed by atoms with Gasteiger partial charge in [0.2, 0.25) is 0 Å². The van der Waals surface area contributed by atoms with Gasteiger partial charge in [-0.2, -0.15) is 13.2 Å². The lowest BCUT2D eigenvalue weighted by molar-refractivity contribution is -0.137. The molecule has 0 fully saturated rings. The molecule has 5 heteroatoms. The van der Waals surface area contributed by atoms with Gasteiger partial charge in [-0.25, -0.2) is 4.39 Å². The Morgan fingerprint density at radius 3 is 2.20 bits per heavy atom. The van der Waals surface area contributed by atoms with Gasteiger partial charge in [-0.1, -0.05) is 18.2 Å². The van der Waals surface area contributed by atoms with Gasteiger partial charge in [-0.15, -0.1) is 11.3 Å². The molecule has 0 aliphatic carbocycles. The molecule has 102 valence electrons. The van der Waals surface area contributed by atoms with E-state index in [9.17, 15) is 17.6 Å². The molecule has 3 aromatic rings. The van der Waals surface area contributed by atoms with Crippen molar-refractivity contribution in [3.63, 3.8) is 0 Å². The summed E-state index contributed by atoms with van der Waals surface area (Å²) in [5.41, 5.74) is 0.0213. The number of hydrogen-bond donors (Lipinski definition) is 0. The van der Waals surface area contributed by atoms with Gasteiger partial charge in [0.1, 0.15) is 5.82 Å². The molecule has 1 heterocycles. The number of rotatable bonds is 1. The molecule has 1 aromatic heterocycles. The molecule has 0 unspecified atom stereocenters. The largest absolute Gasteiger partial charge is 0.416 e. The Bertz CT molecular complexity index is 754. The zero-order valence-electron chi connectivity index (χ0n) is 10.0. The van der Waals surface area contributed by atoms with E-state index in [1.54, 1.807) is 6.07 Å². The molecule has 0 aliphatic heterocycles. The Kier molecular flexibility index (Phi) is 3.01. The summed E-state index contributed by atoms with van der Waals surface area (Å²) < 4.78 is 51.4. The summed E-state index contributed by atoms with van der Waals surface area (Å²) in [6, 6.07) is 11.3. The number of benzene rings is 2. The second-order valence-electron chi connectivity index (χ2n) is 4.37. The maximum absolute atomic E-state index is 13.1. The highest BCUT2D eigenvalue weighted by molar-refractivity contribution is 7.22. The Labute approximate surface area is 116 Å². The number of hydrogen-bond acceptors (Lipinski definition) is 1. The number of fused-ring (bicyclic) bond motifs is 1. The molecule has 0 radical (unpaired) electrons. The quantitative estimate of drug-likeness (QED) is 0.503. The van der Waals surface area contributed by atoms with E-state index in [-0.39, 0.29) is 5.82 Å². The van der Waals surface area contributed by atoms with Crippen molar-refractivity contribution in [2.24, 2.45) is 0 Å². The van der Waals surface area contributed by atoms with E-state index in [1.807, 2.05) is 6.07 Å². The molecule has 3 rings (SSSR count). The van der Waals surface area contributed by atoms with Crippen molar-refractivity contribution in [1.82, 2.24) is 0 Å². The summed E-state index contributed by atoms with van der Waals surface area (Å²) in [5, 5.41) is 0.881. The summed E-state index contributed by atoms with van der Waals surface area (Å²) in [6.07, 6.45) is -4.33. The zero-order valence-corrected chi connectivity index (χ0v) is 10.9. The average molecular weight is 296 g/mol. The second kappa shape index (κ2) is 4.59. The maximum Gasteiger partial charge on any atom is 0.416 e. The lowest BCUT2D eigenvalue weighted by atomic mass is 10.1. The molecule has 0 bridgehead atoms. The fourth-order valence-electron chi connectivity index (χ4n) is 1.97. The van der Waals surface area contributed by atoms with Gasteiger partial charge >= 0.3 is 6.18 Å². The van der Waals surface area contributed by atoms with E-state index in [4.69, 9.17) is 0 Å². The monoisotopic (exact) mass is 296 g/mol. The normalized spacial score (nSPS) is 12.0. The Morgan fingerprint density at radius 1 is 0.850 bits per heavy atom. The fraction of sp³-hybridized carbons (Fsp3) is 0.0667. The first kappa shape index (κ1) is 13.1. The van der Waals surface area contributed by atoms with E-state index in [1.165, 1.54) is 35.6 Å². The van der Waals surface area contributed by atoms with Crippen molar-refractivity contribution in [1.29, 1.82) is 0 Å². The predicted octanol–water partition coefficient (Wildman–Crippen LogP) is 5.73. The van der Waals surface area contributed by atoms with Crippen molar-refractivity contribution in [2.45, 2.75) is 6.18 Å². The molecular formula is C15H8F4S. The van der Waals surface area contributed by atoms with Crippen LogP contribution in [-0.2, 0) is 6.18 Å². The van der Waals surface area contributed by atoms with Crippen LogP contribution in [0.5, 0.6) is 0 Å². The van der Waals surface area contributed by atoms with Crippen LogP contribution in [0, 0.1) is 5.82 Å².